The molecule has 0 aromatic carbocycles. The molecule has 1 aliphatic heterocycles. The number of nitrogen functional groups attached to an aromatic ring is 1. The maximum atomic E-state index is 12.6. The minimum absolute atomic E-state index is 0.0752. The van der Waals surface area contributed by atoms with Gasteiger partial charge in [0.05, 0.1) is 5.92 Å². The van der Waals surface area contributed by atoms with Gasteiger partial charge in [-0.3, -0.25) is 5.41 Å². The summed E-state index contributed by atoms with van der Waals surface area (Å²) < 4.78 is 37.7. The number of rotatable bonds is 2. The molecular formula is C12H15F3N4. The Hall–Kier alpha value is -1.79. The molecule has 0 atom stereocenters. The van der Waals surface area contributed by atoms with Crippen LogP contribution in [0.1, 0.15) is 18.4 Å². The third kappa shape index (κ3) is 3.15. The lowest BCUT2D eigenvalue weighted by Crippen LogP contribution is -2.39. The highest BCUT2D eigenvalue weighted by molar-refractivity contribution is 5.95. The van der Waals surface area contributed by atoms with Gasteiger partial charge in [0.1, 0.15) is 11.7 Å². The van der Waals surface area contributed by atoms with Gasteiger partial charge in [-0.1, -0.05) is 0 Å². The number of halogens is 3. The highest BCUT2D eigenvalue weighted by Crippen LogP contribution is 2.35. The number of hydrogen-bond acceptors (Lipinski definition) is 3. The number of anilines is 1. The highest BCUT2D eigenvalue weighted by atomic mass is 19.4. The van der Waals surface area contributed by atoms with Gasteiger partial charge in [-0.15, -0.1) is 0 Å². The maximum Gasteiger partial charge on any atom is 0.391 e. The largest absolute Gasteiger partial charge is 0.391 e. The SMILES string of the molecule is N=C(N)c1ccnc(N2CCC(C(F)(F)F)CC2)c1. The van der Waals surface area contributed by atoms with E-state index in [9.17, 15) is 13.2 Å². The minimum Gasteiger partial charge on any atom is -0.384 e. The molecule has 0 radical (unpaired) electrons. The van der Waals surface area contributed by atoms with Gasteiger partial charge in [0.15, 0.2) is 0 Å². The zero-order valence-electron chi connectivity index (χ0n) is 10.2. The molecule has 0 spiro atoms. The monoisotopic (exact) mass is 272 g/mol. The van der Waals surface area contributed by atoms with Gasteiger partial charge in [0, 0.05) is 24.8 Å². The molecule has 104 valence electrons. The number of aromatic nitrogens is 1. The predicted octanol–water partition coefficient (Wildman–Crippen LogP) is 2.14. The third-order valence-corrected chi connectivity index (χ3v) is 3.34. The van der Waals surface area contributed by atoms with E-state index in [1.807, 2.05) is 0 Å². The lowest BCUT2D eigenvalue weighted by atomic mass is 9.96. The van der Waals surface area contributed by atoms with Gasteiger partial charge in [-0.25, -0.2) is 4.98 Å². The van der Waals surface area contributed by atoms with E-state index in [2.05, 4.69) is 4.98 Å². The summed E-state index contributed by atoms with van der Waals surface area (Å²) in [6.45, 7) is 0.636. The van der Waals surface area contributed by atoms with Gasteiger partial charge in [0.2, 0.25) is 0 Å². The number of pyridine rings is 1. The van der Waals surface area contributed by atoms with Gasteiger partial charge < -0.3 is 10.6 Å². The maximum absolute atomic E-state index is 12.6. The molecule has 7 heteroatoms. The number of nitrogens with two attached hydrogens (primary N) is 1. The van der Waals surface area contributed by atoms with Crippen LogP contribution in [0.3, 0.4) is 0 Å². The molecule has 0 amide bonds. The normalized spacial score (nSPS) is 17.5. The molecule has 0 aliphatic carbocycles. The molecular weight excluding hydrogens is 257 g/mol. The van der Waals surface area contributed by atoms with Crippen molar-refractivity contribution in [3.05, 3.63) is 23.9 Å². The average molecular weight is 272 g/mol. The molecule has 2 heterocycles. The van der Waals surface area contributed by atoms with Crippen LogP contribution in [0.15, 0.2) is 18.3 Å². The van der Waals surface area contributed by atoms with E-state index in [0.717, 1.165) is 0 Å². The molecule has 1 aromatic heterocycles. The second-order valence-corrected chi connectivity index (χ2v) is 4.62. The lowest BCUT2D eigenvalue weighted by molar-refractivity contribution is -0.179. The van der Waals surface area contributed by atoms with E-state index < -0.39 is 12.1 Å². The van der Waals surface area contributed by atoms with E-state index >= 15 is 0 Å². The smallest absolute Gasteiger partial charge is 0.384 e. The molecule has 4 nitrogen and oxygen atoms in total. The van der Waals surface area contributed by atoms with Crippen LogP contribution in [0, 0.1) is 11.3 Å². The van der Waals surface area contributed by atoms with Gasteiger partial charge in [0.25, 0.3) is 0 Å². The number of nitrogens with zero attached hydrogens (tertiary/aromatic N) is 2. The van der Waals surface area contributed by atoms with E-state index in [1.54, 1.807) is 17.0 Å². The molecule has 0 unspecified atom stereocenters. The summed E-state index contributed by atoms with van der Waals surface area (Å²) >= 11 is 0. The summed E-state index contributed by atoms with van der Waals surface area (Å²) in [4.78, 5) is 5.93. The van der Waals surface area contributed by atoms with E-state index in [-0.39, 0.29) is 18.7 Å². The number of hydrogen-bond donors (Lipinski definition) is 2. The lowest BCUT2D eigenvalue weighted by Gasteiger charge is -2.33. The van der Waals surface area contributed by atoms with Crippen LogP contribution < -0.4 is 10.6 Å². The first-order valence-electron chi connectivity index (χ1n) is 6.00. The van der Waals surface area contributed by atoms with Crippen LogP contribution in [0.5, 0.6) is 0 Å². The molecule has 1 aliphatic rings. The molecule has 2 rings (SSSR count). The topological polar surface area (TPSA) is 66.0 Å². The van der Waals surface area contributed by atoms with Crippen molar-refractivity contribution in [1.29, 1.82) is 5.41 Å². The summed E-state index contributed by atoms with van der Waals surface area (Å²) in [5.74, 6) is -0.720. The van der Waals surface area contributed by atoms with Crippen molar-refractivity contribution in [3.8, 4) is 0 Å². The van der Waals surface area contributed by atoms with Crippen molar-refractivity contribution in [3.63, 3.8) is 0 Å². The fourth-order valence-electron chi connectivity index (χ4n) is 2.19. The van der Waals surface area contributed by atoms with Crippen LogP contribution in [0.4, 0.5) is 19.0 Å². The zero-order chi connectivity index (χ0) is 14.0. The Kier molecular flexibility index (Phi) is 3.64. The molecule has 1 aromatic rings. The van der Waals surface area contributed by atoms with Crippen molar-refractivity contribution in [2.45, 2.75) is 19.0 Å². The second-order valence-electron chi connectivity index (χ2n) is 4.62. The Bertz CT molecular complexity index is 464. The van der Waals surface area contributed by atoms with Crippen molar-refractivity contribution in [2.24, 2.45) is 11.7 Å². The summed E-state index contributed by atoms with van der Waals surface area (Å²) in [6.07, 6.45) is -2.44. The minimum atomic E-state index is -4.11. The summed E-state index contributed by atoms with van der Waals surface area (Å²) in [5.41, 5.74) is 5.91. The Morgan fingerprint density at radius 2 is 2.00 bits per heavy atom. The first-order chi connectivity index (χ1) is 8.88. The van der Waals surface area contributed by atoms with Crippen molar-refractivity contribution in [1.82, 2.24) is 4.98 Å². The summed E-state index contributed by atoms with van der Waals surface area (Å²) in [6, 6.07) is 3.24. The fourth-order valence-corrected chi connectivity index (χ4v) is 2.19. The number of piperidine rings is 1. The second kappa shape index (κ2) is 5.07. The molecule has 19 heavy (non-hydrogen) atoms. The Morgan fingerprint density at radius 3 is 2.53 bits per heavy atom. The van der Waals surface area contributed by atoms with E-state index in [4.69, 9.17) is 11.1 Å². The first kappa shape index (κ1) is 13.6. The van der Waals surface area contributed by atoms with Crippen LogP contribution in [0.2, 0.25) is 0 Å². The summed E-state index contributed by atoms with van der Waals surface area (Å²) in [7, 11) is 0. The average Bonchev–Trinajstić information content (AvgIpc) is 2.38. The van der Waals surface area contributed by atoms with E-state index in [0.29, 0.717) is 24.5 Å². The van der Waals surface area contributed by atoms with Gasteiger partial charge >= 0.3 is 6.18 Å². The molecule has 1 fully saturated rings. The van der Waals surface area contributed by atoms with Gasteiger partial charge in [-0.05, 0) is 25.0 Å². The molecule has 3 N–H and O–H groups in total. The van der Waals surface area contributed by atoms with Crippen LogP contribution >= 0.6 is 0 Å². The Morgan fingerprint density at radius 1 is 1.37 bits per heavy atom. The number of alkyl halides is 3. The molecule has 0 bridgehead atoms. The standard InChI is InChI=1S/C12H15F3N4/c13-12(14,15)9-2-5-19(6-3-9)10-7-8(11(16)17)1-4-18-10/h1,4,7,9H,2-3,5-6H2,(H3,16,17). The van der Waals surface area contributed by atoms with E-state index in [1.165, 1.54) is 6.20 Å². The van der Waals surface area contributed by atoms with Crippen LogP contribution in [-0.2, 0) is 0 Å². The highest BCUT2D eigenvalue weighted by Gasteiger charge is 2.41. The molecule has 1 saturated heterocycles. The van der Waals surface area contributed by atoms with Gasteiger partial charge in [-0.2, -0.15) is 13.2 Å². The predicted molar refractivity (Wildman–Crippen MR) is 66.2 cm³/mol. The van der Waals surface area contributed by atoms with Crippen molar-refractivity contribution in [2.75, 3.05) is 18.0 Å². The Balaban J connectivity index is 2.05. The quantitative estimate of drug-likeness (QED) is 0.640. The zero-order valence-corrected chi connectivity index (χ0v) is 10.2. The fraction of sp³-hybridized carbons (Fsp3) is 0.500. The summed E-state index contributed by atoms with van der Waals surface area (Å²) in [5, 5.41) is 7.34. The van der Waals surface area contributed by atoms with Crippen molar-refractivity contribution >= 4 is 11.7 Å². The number of nitrogens with one attached hydrogen (secondary N) is 1. The van der Waals surface area contributed by atoms with Crippen molar-refractivity contribution < 1.29 is 13.2 Å². The van der Waals surface area contributed by atoms with Crippen LogP contribution in [-0.4, -0.2) is 30.1 Å². The third-order valence-electron chi connectivity index (χ3n) is 3.34. The number of amidine groups is 1. The molecule has 0 saturated carbocycles. The van der Waals surface area contributed by atoms with Crippen LogP contribution in [0.25, 0.3) is 0 Å². The first-order valence-corrected chi connectivity index (χ1v) is 6.00. The Labute approximate surface area is 108 Å².